The second kappa shape index (κ2) is 6.98. The van der Waals surface area contributed by atoms with Gasteiger partial charge in [0, 0.05) is 36.8 Å². The molecule has 0 radical (unpaired) electrons. The first kappa shape index (κ1) is 17.8. The Balaban J connectivity index is 1.62. The van der Waals surface area contributed by atoms with Crippen molar-refractivity contribution in [1.29, 1.82) is 0 Å². The third-order valence-electron chi connectivity index (χ3n) is 5.40. The number of nitrogens with zero attached hydrogens (tertiary/aromatic N) is 5. The quantitative estimate of drug-likeness (QED) is 0.683. The van der Waals surface area contributed by atoms with Crippen LogP contribution in [-0.4, -0.2) is 50.0 Å². The summed E-state index contributed by atoms with van der Waals surface area (Å²) in [5, 5.41) is 17.3. The standard InChI is InChI=1S/C20H21FN6O2/c21-15-9-16-14(8-17(15)26-6-2-1-3-7-26)18(23-13-4-5-13)25-20(24-16)27-11-12(10-22-27)19(28)29/h8-11,13H,1-7H2,(H,28,29)(H,23,24,25). The predicted octanol–water partition coefficient (Wildman–Crippen LogP) is 3.22. The normalized spacial score (nSPS) is 16.9. The summed E-state index contributed by atoms with van der Waals surface area (Å²) in [4.78, 5) is 22.3. The van der Waals surface area contributed by atoms with Gasteiger partial charge in [-0.2, -0.15) is 10.1 Å². The molecule has 29 heavy (non-hydrogen) atoms. The lowest BCUT2D eigenvalue weighted by Crippen LogP contribution is -2.30. The van der Waals surface area contributed by atoms with Gasteiger partial charge >= 0.3 is 5.97 Å². The Morgan fingerprint density at radius 2 is 1.97 bits per heavy atom. The molecular formula is C20H21FN6O2. The molecule has 0 bridgehead atoms. The number of anilines is 2. The lowest BCUT2D eigenvalue weighted by Gasteiger charge is -2.29. The molecule has 0 atom stereocenters. The van der Waals surface area contributed by atoms with Crippen LogP contribution >= 0.6 is 0 Å². The second-order valence-corrected chi connectivity index (χ2v) is 7.64. The monoisotopic (exact) mass is 396 g/mol. The van der Waals surface area contributed by atoms with Crippen LogP contribution < -0.4 is 10.2 Å². The summed E-state index contributed by atoms with van der Waals surface area (Å²) in [6.07, 6.45) is 8.01. The fraction of sp³-hybridized carbons (Fsp3) is 0.400. The van der Waals surface area contributed by atoms with Gasteiger partial charge in [0.25, 0.3) is 5.95 Å². The van der Waals surface area contributed by atoms with Crippen molar-refractivity contribution >= 4 is 28.4 Å². The number of rotatable bonds is 5. The molecule has 0 spiro atoms. The SMILES string of the molecule is O=C(O)c1cnn(-c2nc(NC3CC3)c3cc(N4CCCCC4)c(F)cc3n2)c1. The largest absolute Gasteiger partial charge is 0.478 e. The topological polar surface area (TPSA) is 96.2 Å². The number of benzene rings is 1. The molecule has 2 fully saturated rings. The van der Waals surface area contributed by atoms with Gasteiger partial charge in [-0.25, -0.2) is 18.9 Å². The fourth-order valence-corrected chi connectivity index (χ4v) is 3.68. The summed E-state index contributed by atoms with van der Waals surface area (Å²) in [7, 11) is 0. The Bertz CT molecular complexity index is 1090. The Morgan fingerprint density at radius 1 is 1.17 bits per heavy atom. The van der Waals surface area contributed by atoms with Crippen molar-refractivity contribution in [3.8, 4) is 5.95 Å². The van der Waals surface area contributed by atoms with Crippen molar-refractivity contribution in [2.24, 2.45) is 0 Å². The molecule has 1 aliphatic heterocycles. The van der Waals surface area contributed by atoms with Gasteiger partial charge in [-0.1, -0.05) is 0 Å². The van der Waals surface area contributed by atoms with Crippen molar-refractivity contribution in [2.75, 3.05) is 23.3 Å². The van der Waals surface area contributed by atoms with Crippen molar-refractivity contribution in [3.05, 3.63) is 35.9 Å². The molecule has 0 unspecified atom stereocenters. The highest BCUT2D eigenvalue weighted by molar-refractivity contribution is 5.93. The minimum Gasteiger partial charge on any atom is -0.478 e. The van der Waals surface area contributed by atoms with Crippen LogP contribution in [0.2, 0.25) is 0 Å². The van der Waals surface area contributed by atoms with E-state index in [1.165, 1.54) is 29.6 Å². The number of aromatic carboxylic acids is 1. The summed E-state index contributed by atoms with van der Waals surface area (Å²) in [6.45, 7) is 1.69. The molecule has 3 heterocycles. The summed E-state index contributed by atoms with van der Waals surface area (Å²) in [5.41, 5.74) is 1.08. The van der Waals surface area contributed by atoms with Crippen molar-refractivity contribution in [3.63, 3.8) is 0 Å². The average molecular weight is 396 g/mol. The van der Waals surface area contributed by atoms with Gasteiger partial charge in [0.15, 0.2) is 0 Å². The van der Waals surface area contributed by atoms with Crippen LogP contribution in [0.5, 0.6) is 0 Å². The first-order valence-corrected chi connectivity index (χ1v) is 9.89. The zero-order valence-electron chi connectivity index (χ0n) is 15.8. The molecule has 2 aliphatic rings. The maximum Gasteiger partial charge on any atom is 0.338 e. The first-order valence-electron chi connectivity index (χ1n) is 9.89. The number of hydrogen-bond donors (Lipinski definition) is 2. The van der Waals surface area contributed by atoms with Gasteiger partial charge in [-0.05, 0) is 38.2 Å². The molecule has 5 rings (SSSR count). The molecule has 1 aromatic carbocycles. The molecule has 3 aromatic rings. The van der Waals surface area contributed by atoms with E-state index in [0.717, 1.165) is 44.2 Å². The lowest BCUT2D eigenvalue weighted by atomic mass is 10.1. The zero-order valence-corrected chi connectivity index (χ0v) is 15.8. The molecule has 8 nitrogen and oxygen atoms in total. The molecule has 150 valence electrons. The first-order chi connectivity index (χ1) is 14.1. The van der Waals surface area contributed by atoms with Gasteiger partial charge in [0.05, 0.1) is 23.0 Å². The van der Waals surface area contributed by atoms with Gasteiger partial charge in [-0.15, -0.1) is 0 Å². The van der Waals surface area contributed by atoms with E-state index in [2.05, 4.69) is 25.3 Å². The number of nitrogens with one attached hydrogen (secondary N) is 1. The Morgan fingerprint density at radius 3 is 2.66 bits per heavy atom. The molecule has 2 N–H and O–H groups in total. The third-order valence-corrected chi connectivity index (χ3v) is 5.40. The number of carboxylic acid groups (broad SMARTS) is 1. The van der Waals surface area contributed by atoms with E-state index < -0.39 is 5.97 Å². The van der Waals surface area contributed by atoms with Crippen LogP contribution in [0.15, 0.2) is 24.5 Å². The zero-order chi connectivity index (χ0) is 20.0. The third kappa shape index (κ3) is 3.48. The highest BCUT2D eigenvalue weighted by Crippen LogP contribution is 2.33. The van der Waals surface area contributed by atoms with Crippen LogP contribution in [-0.2, 0) is 0 Å². The summed E-state index contributed by atoms with van der Waals surface area (Å²) in [6, 6.07) is 3.61. The highest BCUT2D eigenvalue weighted by Gasteiger charge is 2.25. The smallest absolute Gasteiger partial charge is 0.338 e. The fourth-order valence-electron chi connectivity index (χ4n) is 3.68. The average Bonchev–Trinajstić information content (AvgIpc) is 3.39. The van der Waals surface area contributed by atoms with Crippen LogP contribution in [0.25, 0.3) is 16.9 Å². The van der Waals surface area contributed by atoms with Gasteiger partial charge in [-0.3, -0.25) is 0 Å². The number of fused-ring (bicyclic) bond motifs is 1. The number of piperidine rings is 1. The van der Waals surface area contributed by atoms with Crippen molar-refractivity contribution in [1.82, 2.24) is 19.7 Å². The molecule has 1 aliphatic carbocycles. The van der Waals surface area contributed by atoms with E-state index in [1.807, 2.05) is 6.07 Å². The molecule has 9 heteroatoms. The number of halogens is 1. The van der Waals surface area contributed by atoms with Gasteiger partial charge in [0.2, 0.25) is 0 Å². The van der Waals surface area contributed by atoms with E-state index in [0.29, 0.717) is 23.1 Å². The van der Waals surface area contributed by atoms with Gasteiger partial charge < -0.3 is 15.3 Å². The van der Waals surface area contributed by atoms with Crippen molar-refractivity contribution < 1.29 is 14.3 Å². The van der Waals surface area contributed by atoms with E-state index in [1.54, 1.807) is 0 Å². The number of carboxylic acids is 1. The van der Waals surface area contributed by atoms with E-state index in [9.17, 15) is 9.18 Å². The lowest BCUT2D eigenvalue weighted by molar-refractivity contribution is 0.0697. The summed E-state index contributed by atoms with van der Waals surface area (Å²) < 4.78 is 16.2. The summed E-state index contributed by atoms with van der Waals surface area (Å²) in [5.74, 6) is -0.560. The second-order valence-electron chi connectivity index (χ2n) is 7.64. The predicted molar refractivity (Wildman–Crippen MR) is 106 cm³/mol. The minimum absolute atomic E-state index is 0.0389. The minimum atomic E-state index is -1.08. The Labute approximate surface area is 166 Å². The molecule has 1 saturated carbocycles. The summed E-state index contributed by atoms with van der Waals surface area (Å²) >= 11 is 0. The van der Waals surface area contributed by atoms with Crippen LogP contribution in [0.4, 0.5) is 15.9 Å². The number of carbonyl (C=O) groups is 1. The maximum absolute atomic E-state index is 14.9. The van der Waals surface area contributed by atoms with Crippen molar-refractivity contribution in [2.45, 2.75) is 38.1 Å². The van der Waals surface area contributed by atoms with Gasteiger partial charge in [0.1, 0.15) is 11.6 Å². The number of hydrogen-bond acceptors (Lipinski definition) is 6. The molecule has 2 aromatic heterocycles. The Kier molecular flexibility index (Phi) is 4.30. The van der Waals surface area contributed by atoms with Crippen LogP contribution in [0, 0.1) is 5.82 Å². The maximum atomic E-state index is 14.9. The van der Waals surface area contributed by atoms with E-state index in [4.69, 9.17) is 5.11 Å². The Hall–Kier alpha value is -3.23. The van der Waals surface area contributed by atoms with Crippen LogP contribution in [0.3, 0.4) is 0 Å². The molecule has 0 amide bonds. The highest BCUT2D eigenvalue weighted by atomic mass is 19.1. The molecule has 1 saturated heterocycles. The number of aromatic nitrogens is 4. The van der Waals surface area contributed by atoms with E-state index in [-0.39, 0.29) is 17.3 Å². The molecular weight excluding hydrogens is 375 g/mol. The van der Waals surface area contributed by atoms with E-state index >= 15 is 0 Å². The van der Waals surface area contributed by atoms with Crippen LogP contribution in [0.1, 0.15) is 42.5 Å².